The third-order valence-electron chi connectivity index (χ3n) is 4.37. The van der Waals surface area contributed by atoms with Crippen molar-refractivity contribution in [2.24, 2.45) is 5.92 Å². The molecule has 4 nitrogen and oxygen atoms in total. The molecule has 0 bridgehead atoms. The highest BCUT2D eigenvalue weighted by Gasteiger charge is 2.28. The molecule has 0 aliphatic carbocycles. The lowest BCUT2D eigenvalue weighted by molar-refractivity contribution is -0.134. The SMILES string of the molecule is CCC1CN(CC(=O)N2CCCCC2)CCC1O. The molecule has 0 aromatic heterocycles. The van der Waals surface area contributed by atoms with Gasteiger partial charge >= 0.3 is 0 Å². The number of carbonyl (C=O) groups excluding carboxylic acids is 1. The summed E-state index contributed by atoms with van der Waals surface area (Å²) < 4.78 is 0. The third-order valence-corrected chi connectivity index (χ3v) is 4.37. The molecular formula is C14H26N2O2. The van der Waals surface area contributed by atoms with Crippen LogP contribution in [0, 0.1) is 5.92 Å². The second-order valence-electron chi connectivity index (χ2n) is 5.70. The summed E-state index contributed by atoms with van der Waals surface area (Å²) in [6.45, 7) is 6.26. The van der Waals surface area contributed by atoms with Crippen molar-refractivity contribution in [3.63, 3.8) is 0 Å². The van der Waals surface area contributed by atoms with Crippen LogP contribution >= 0.6 is 0 Å². The molecule has 1 N–H and O–H groups in total. The van der Waals surface area contributed by atoms with Gasteiger partial charge in [0.1, 0.15) is 0 Å². The Kier molecular flexibility index (Phi) is 5.01. The molecule has 2 aliphatic heterocycles. The first-order valence-corrected chi connectivity index (χ1v) is 7.39. The molecular weight excluding hydrogens is 228 g/mol. The van der Waals surface area contributed by atoms with Crippen LogP contribution in [0.1, 0.15) is 39.0 Å². The second-order valence-corrected chi connectivity index (χ2v) is 5.70. The number of hydrogen-bond acceptors (Lipinski definition) is 3. The highest BCUT2D eigenvalue weighted by molar-refractivity contribution is 5.78. The number of aliphatic hydroxyl groups is 1. The maximum absolute atomic E-state index is 12.2. The Labute approximate surface area is 110 Å². The number of carbonyl (C=O) groups is 1. The van der Waals surface area contributed by atoms with E-state index in [1.807, 2.05) is 4.90 Å². The van der Waals surface area contributed by atoms with Crippen molar-refractivity contribution in [2.45, 2.75) is 45.1 Å². The lowest BCUT2D eigenvalue weighted by Crippen LogP contribution is -2.48. The van der Waals surface area contributed by atoms with Crippen molar-refractivity contribution < 1.29 is 9.90 Å². The van der Waals surface area contributed by atoms with Gasteiger partial charge in [0.05, 0.1) is 12.6 Å². The zero-order valence-corrected chi connectivity index (χ0v) is 11.5. The summed E-state index contributed by atoms with van der Waals surface area (Å²) in [7, 11) is 0. The Morgan fingerprint density at radius 2 is 1.94 bits per heavy atom. The van der Waals surface area contributed by atoms with Gasteiger partial charge in [-0.25, -0.2) is 0 Å². The van der Waals surface area contributed by atoms with E-state index in [2.05, 4.69) is 11.8 Å². The highest BCUT2D eigenvalue weighted by Crippen LogP contribution is 2.20. The van der Waals surface area contributed by atoms with E-state index in [4.69, 9.17) is 0 Å². The van der Waals surface area contributed by atoms with Crippen molar-refractivity contribution >= 4 is 5.91 Å². The summed E-state index contributed by atoms with van der Waals surface area (Å²) in [6.07, 6.45) is 5.21. The van der Waals surface area contributed by atoms with E-state index in [9.17, 15) is 9.90 Å². The van der Waals surface area contributed by atoms with Crippen LogP contribution in [0.25, 0.3) is 0 Å². The van der Waals surface area contributed by atoms with Gasteiger partial charge in [-0.05, 0) is 38.0 Å². The lowest BCUT2D eigenvalue weighted by Gasteiger charge is -2.37. The molecule has 2 unspecified atom stereocenters. The van der Waals surface area contributed by atoms with Gasteiger partial charge in [0.25, 0.3) is 0 Å². The van der Waals surface area contributed by atoms with Gasteiger partial charge in [0, 0.05) is 26.2 Å². The molecule has 2 rings (SSSR count). The Bertz CT molecular complexity index is 277. The number of piperidine rings is 2. The number of rotatable bonds is 3. The second kappa shape index (κ2) is 6.53. The van der Waals surface area contributed by atoms with Crippen LogP contribution in [0.4, 0.5) is 0 Å². The van der Waals surface area contributed by atoms with Gasteiger partial charge in [-0.2, -0.15) is 0 Å². The average Bonchev–Trinajstić information content (AvgIpc) is 2.42. The fraction of sp³-hybridized carbons (Fsp3) is 0.929. The first kappa shape index (κ1) is 13.8. The zero-order chi connectivity index (χ0) is 13.0. The van der Waals surface area contributed by atoms with Gasteiger partial charge in [-0.15, -0.1) is 0 Å². The molecule has 0 radical (unpaired) electrons. The fourth-order valence-corrected chi connectivity index (χ4v) is 3.07. The molecule has 104 valence electrons. The molecule has 2 fully saturated rings. The maximum Gasteiger partial charge on any atom is 0.236 e. The molecule has 2 atom stereocenters. The van der Waals surface area contributed by atoms with E-state index in [1.54, 1.807) is 0 Å². The van der Waals surface area contributed by atoms with Crippen LogP contribution in [-0.4, -0.2) is 59.6 Å². The van der Waals surface area contributed by atoms with E-state index >= 15 is 0 Å². The van der Waals surface area contributed by atoms with Crippen molar-refractivity contribution in [3.8, 4) is 0 Å². The number of aliphatic hydroxyl groups excluding tert-OH is 1. The largest absolute Gasteiger partial charge is 0.393 e. The first-order valence-electron chi connectivity index (χ1n) is 7.39. The molecule has 0 aromatic rings. The van der Waals surface area contributed by atoms with Gasteiger partial charge in [-0.1, -0.05) is 6.92 Å². The van der Waals surface area contributed by atoms with Crippen LogP contribution in [0.5, 0.6) is 0 Å². The summed E-state index contributed by atoms with van der Waals surface area (Å²) >= 11 is 0. The molecule has 0 spiro atoms. The Hall–Kier alpha value is -0.610. The quantitative estimate of drug-likeness (QED) is 0.820. The first-order chi connectivity index (χ1) is 8.70. The topological polar surface area (TPSA) is 43.8 Å². The smallest absolute Gasteiger partial charge is 0.236 e. The minimum absolute atomic E-state index is 0.170. The number of hydrogen-bond donors (Lipinski definition) is 1. The van der Waals surface area contributed by atoms with Crippen LogP contribution in [-0.2, 0) is 4.79 Å². The maximum atomic E-state index is 12.2. The van der Waals surface area contributed by atoms with Crippen LogP contribution in [0.3, 0.4) is 0 Å². The van der Waals surface area contributed by atoms with E-state index in [-0.39, 0.29) is 12.0 Å². The molecule has 18 heavy (non-hydrogen) atoms. The molecule has 2 aliphatic rings. The van der Waals surface area contributed by atoms with E-state index < -0.39 is 0 Å². The Morgan fingerprint density at radius 1 is 1.22 bits per heavy atom. The predicted molar refractivity (Wildman–Crippen MR) is 71.3 cm³/mol. The monoisotopic (exact) mass is 254 g/mol. The average molecular weight is 254 g/mol. The number of nitrogens with zero attached hydrogens (tertiary/aromatic N) is 2. The molecule has 0 saturated carbocycles. The standard InChI is InChI=1S/C14H26N2O2/c1-2-12-10-15(9-6-13(12)17)11-14(18)16-7-4-3-5-8-16/h12-13,17H,2-11H2,1H3. The van der Waals surface area contributed by atoms with Crippen molar-refractivity contribution in [3.05, 3.63) is 0 Å². The van der Waals surface area contributed by atoms with Crippen LogP contribution in [0.2, 0.25) is 0 Å². The molecule has 2 saturated heterocycles. The normalized spacial score (nSPS) is 30.4. The molecule has 4 heteroatoms. The molecule has 0 aromatic carbocycles. The lowest BCUT2D eigenvalue weighted by atomic mass is 9.92. The summed E-state index contributed by atoms with van der Waals surface area (Å²) in [4.78, 5) is 16.4. The van der Waals surface area contributed by atoms with E-state index in [1.165, 1.54) is 6.42 Å². The minimum atomic E-state index is -0.170. The van der Waals surface area contributed by atoms with E-state index in [0.29, 0.717) is 12.5 Å². The third kappa shape index (κ3) is 3.45. The molecule has 1 amide bonds. The summed E-state index contributed by atoms with van der Waals surface area (Å²) in [6, 6.07) is 0. The zero-order valence-electron chi connectivity index (χ0n) is 11.5. The van der Waals surface area contributed by atoms with Gasteiger partial charge in [0.15, 0.2) is 0 Å². The van der Waals surface area contributed by atoms with Crippen molar-refractivity contribution in [1.29, 1.82) is 0 Å². The minimum Gasteiger partial charge on any atom is -0.393 e. The molecule has 2 heterocycles. The summed E-state index contributed by atoms with van der Waals surface area (Å²) in [5, 5.41) is 9.85. The van der Waals surface area contributed by atoms with E-state index in [0.717, 1.165) is 51.9 Å². The number of likely N-dealkylation sites (tertiary alicyclic amines) is 2. The fourth-order valence-electron chi connectivity index (χ4n) is 3.07. The number of amides is 1. The van der Waals surface area contributed by atoms with Crippen molar-refractivity contribution in [2.75, 3.05) is 32.7 Å². The van der Waals surface area contributed by atoms with Crippen LogP contribution < -0.4 is 0 Å². The van der Waals surface area contributed by atoms with Crippen LogP contribution in [0.15, 0.2) is 0 Å². The van der Waals surface area contributed by atoms with Gasteiger partial charge in [0.2, 0.25) is 5.91 Å². The van der Waals surface area contributed by atoms with Crippen molar-refractivity contribution in [1.82, 2.24) is 9.80 Å². The highest BCUT2D eigenvalue weighted by atomic mass is 16.3. The van der Waals surface area contributed by atoms with Gasteiger partial charge in [-0.3, -0.25) is 9.69 Å². The summed E-state index contributed by atoms with van der Waals surface area (Å²) in [5.41, 5.74) is 0. The summed E-state index contributed by atoms with van der Waals surface area (Å²) in [5.74, 6) is 0.619. The Balaban J connectivity index is 1.80. The van der Waals surface area contributed by atoms with Gasteiger partial charge < -0.3 is 10.0 Å². The predicted octanol–water partition coefficient (Wildman–Crippen LogP) is 1.09. The Morgan fingerprint density at radius 3 is 2.61 bits per heavy atom.